The number of carbonyl (C=O) groups is 2. The molecular weight excluding hydrogens is 1030 g/mol. The first-order valence-corrected chi connectivity index (χ1v) is 27.7. The maximum atomic E-state index is 17.1. The van der Waals surface area contributed by atoms with Crippen molar-refractivity contribution < 1.29 is 42.9 Å². The molecule has 406 valence electrons. The summed E-state index contributed by atoms with van der Waals surface area (Å²) in [5.41, 5.74) is 5.76. The topological polar surface area (TPSA) is 201 Å². The smallest absolute Gasteiger partial charge is 0.319 e. The van der Waals surface area contributed by atoms with Crippen LogP contribution < -0.4 is 25.0 Å². The first-order valence-electron chi connectivity index (χ1n) is 26.4. The first-order chi connectivity index (χ1) is 37.2. The molecule has 6 heterocycles. The number of phenols is 1. The lowest BCUT2D eigenvalue weighted by Crippen LogP contribution is -2.48. The average molecular weight is 1090 g/mol. The summed E-state index contributed by atoms with van der Waals surface area (Å²) in [6.45, 7) is 15.3. The molecule has 3 fully saturated rings. The molecule has 0 radical (unpaired) electrons. The van der Waals surface area contributed by atoms with Crippen molar-refractivity contribution in [2.45, 2.75) is 90.7 Å². The van der Waals surface area contributed by atoms with E-state index in [1.165, 1.54) is 22.3 Å². The normalized spacial score (nSPS) is 18.4. The lowest BCUT2D eigenvalue weighted by atomic mass is 9.91. The number of phenolic OH excluding ortho intramolecular Hbond substituents is 1. The number of anilines is 1. The zero-order chi connectivity index (χ0) is 53.9. The van der Waals surface area contributed by atoms with Gasteiger partial charge in [-0.3, -0.25) is 14.5 Å². The van der Waals surface area contributed by atoms with Gasteiger partial charge in [-0.25, -0.2) is 9.37 Å². The number of piperazine rings is 1. The van der Waals surface area contributed by atoms with Crippen LogP contribution in [0.3, 0.4) is 0 Å². The van der Waals surface area contributed by atoms with Gasteiger partial charge in [0.25, 0.3) is 0 Å². The number of fused-ring (bicyclic) bond motifs is 2. The van der Waals surface area contributed by atoms with Crippen LogP contribution in [0.1, 0.15) is 68.7 Å². The van der Waals surface area contributed by atoms with Crippen LogP contribution >= 0.6 is 22.9 Å². The number of aliphatic hydroxyl groups excluding tert-OH is 1. The van der Waals surface area contributed by atoms with Crippen LogP contribution in [-0.2, 0) is 20.9 Å². The Labute approximate surface area is 455 Å². The minimum Gasteiger partial charge on any atom is -0.508 e. The highest BCUT2D eigenvalue weighted by atomic mass is 35.5. The van der Waals surface area contributed by atoms with Gasteiger partial charge in [0.15, 0.2) is 5.82 Å². The van der Waals surface area contributed by atoms with Gasteiger partial charge in [0.05, 0.1) is 45.6 Å². The molecule has 20 heteroatoms. The second-order valence-corrected chi connectivity index (χ2v) is 21.9. The van der Waals surface area contributed by atoms with Gasteiger partial charge >= 0.3 is 6.01 Å². The van der Waals surface area contributed by atoms with Crippen LogP contribution in [0.2, 0.25) is 5.02 Å². The third-order valence-electron chi connectivity index (χ3n) is 14.7. The van der Waals surface area contributed by atoms with E-state index in [0.29, 0.717) is 60.2 Å². The summed E-state index contributed by atoms with van der Waals surface area (Å²) < 4.78 is 41.8. The van der Waals surface area contributed by atoms with Crippen LogP contribution in [-0.4, -0.2) is 142 Å². The van der Waals surface area contributed by atoms with Crippen molar-refractivity contribution in [2.24, 2.45) is 5.92 Å². The van der Waals surface area contributed by atoms with Gasteiger partial charge in [0.2, 0.25) is 11.8 Å². The molecule has 0 saturated carbocycles. The molecule has 17 nitrogen and oxygen atoms in total. The van der Waals surface area contributed by atoms with Gasteiger partial charge in [0.1, 0.15) is 53.3 Å². The number of aliphatic hydroxyl groups is 1. The van der Waals surface area contributed by atoms with E-state index in [2.05, 4.69) is 30.6 Å². The predicted molar refractivity (Wildman–Crippen MR) is 294 cm³/mol. The molecule has 3 aliphatic heterocycles. The van der Waals surface area contributed by atoms with E-state index in [1.807, 2.05) is 75.7 Å². The number of β-amino-alcohol motifs (C(OH)–C–C–N with tert-alkyl or cyclic N) is 1. The minimum atomic E-state index is -0.864. The Morgan fingerprint density at radius 1 is 0.987 bits per heavy atom. The molecule has 0 bridgehead atoms. The lowest BCUT2D eigenvalue weighted by molar-refractivity contribution is -0.141. The molecule has 10 rings (SSSR count). The summed E-state index contributed by atoms with van der Waals surface area (Å²) in [7, 11) is 0. The number of piperidine rings is 1. The van der Waals surface area contributed by atoms with Crippen molar-refractivity contribution in [1.29, 1.82) is 0 Å². The van der Waals surface area contributed by atoms with Crippen LogP contribution in [0.5, 0.6) is 17.5 Å². The summed E-state index contributed by atoms with van der Waals surface area (Å²) >= 11 is 8.46. The second kappa shape index (κ2) is 23.6. The van der Waals surface area contributed by atoms with E-state index in [9.17, 15) is 19.8 Å². The zero-order valence-corrected chi connectivity index (χ0v) is 45.5. The van der Waals surface area contributed by atoms with Crippen molar-refractivity contribution in [3.8, 4) is 39.1 Å². The Morgan fingerprint density at radius 3 is 2.52 bits per heavy atom. The van der Waals surface area contributed by atoms with Gasteiger partial charge in [-0.05, 0) is 85.7 Å². The average Bonchev–Trinajstić information content (AvgIpc) is 4.22. The van der Waals surface area contributed by atoms with Crippen LogP contribution in [0.4, 0.5) is 10.2 Å². The number of benzene rings is 4. The van der Waals surface area contributed by atoms with Gasteiger partial charge < -0.3 is 49.4 Å². The molecule has 3 aliphatic rings. The number of aromatic hydroxyl groups is 1. The molecule has 4 atom stereocenters. The van der Waals surface area contributed by atoms with Crippen molar-refractivity contribution in [2.75, 3.05) is 70.5 Å². The molecule has 0 spiro atoms. The minimum absolute atomic E-state index is 0.000377. The Morgan fingerprint density at radius 2 is 1.78 bits per heavy atom. The number of nitrogens with zero attached hydrogens (tertiary/aromatic N) is 7. The predicted octanol–water partition coefficient (Wildman–Crippen LogP) is 8.43. The molecule has 3 saturated heterocycles. The maximum Gasteiger partial charge on any atom is 0.319 e. The fraction of sp³-hybridized carbons (Fsp3) is 0.439. The zero-order valence-electron chi connectivity index (χ0n) is 43.9. The molecular formula is C57H65ClFN9O8S. The molecule has 77 heavy (non-hydrogen) atoms. The van der Waals surface area contributed by atoms with E-state index < -0.39 is 23.9 Å². The number of aryl methyl sites for hydroxylation is 2. The SMILES string of the molecule is Cc1cc([C@H](C(=O)N2CC(O)CC2C(=O)NCc2ccc(-c3scnc3C)cc2OCCOC2CCN(C[C@@H](C)Oc3nc(N4CCNCC4)c4cc(Cl)c(-c5cc(O)cc6ccccc56)c(F)c4n3)CC2)C(C)C)on1. The van der Waals surface area contributed by atoms with Crippen molar-refractivity contribution in [3.05, 3.63) is 106 Å². The Hall–Kier alpha value is -6.48. The highest BCUT2D eigenvalue weighted by molar-refractivity contribution is 7.13. The number of rotatable bonds is 18. The summed E-state index contributed by atoms with van der Waals surface area (Å²) in [5.74, 6) is -0.475. The van der Waals surface area contributed by atoms with Crippen LogP contribution in [0.15, 0.2) is 76.8 Å². The van der Waals surface area contributed by atoms with Crippen molar-refractivity contribution >= 4 is 62.2 Å². The fourth-order valence-electron chi connectivity index (χ4n) is 10.9. The largest absolute Gasteiger partial charge is 0.508 e. The quantitative estimate of drug-likeness (QED) is 0.0597. The van der Waals surface area contributed by atoms with Gasteiger partial charge in [-0.1, -0.05) is 67.0 Å². The first kappa shape index (κ1) is 53.9. The van der Waals surface area contributed by atoms with Gasteiger partial charge in [-0.15, -0.1) is 11.3 Å². The molecule has 2 unspecified atom stereocenters. The number of nitrogens with one attached hydrogen (secondary N) is 2. The summed E-state index contributed by atoms with van der Waals surface area (Å²) in [4.78, 5) is 48.8. The molecule has 4 N–H and O–H groups in total. The number of likely N-dealkylation sites (tertiary alicyclic amines) is 2. The standard InChI is InChI=1S/C57H65ClFN9O8S/c1-32(2)49(48-22-33(3)65-76-48)56(72)68-30-40(70)26-46(68)55(71)61-28-38-11-10-37(53-35(5)62-31-77-53)24-47(38)74-21-20-73-41-12-16-66(17-13-41)29-34(4)75-57-63-52-44(54(64-57)67-18-14-60-15-19-67)27-45(58)50(51(52)59)43-25-39(69)23-36-8-6-7-9-42(36)43/h6-11,22-25,27,31-32,34,40-41,46,49,60,69-70H,12-21,26,28-30H2,1-5H3,(H,61,71)/t34-,40?,46?,49-/m1/s1. The molecule has 0 aliphatic carbocycles. The summed E-state index contributed by atoms with van der Waals surface area (Å²) in [6, 6.07) is 19.2. The van der Waals surface area contributed by atoms with Gasteiger partial charge in [0, 0.05) is 87.9 Å². The van der Waals surface area contributed by atoms with E-state index in [4.69, 9.17) is 40.3 Å². The molecule has 2 amide bonds. The fourth-order valence-corrected chi connectivity index (χ4v) is 12.0. The number of hydrogen-bond donors (Lipinski definition) is 4. The number of aromatic nitrogens is 4. The third-order valence-corrected chi connectivity index (χ3v) is 16.0. The van der Waals surface area contributed by atoms with E-state index in [1.54, 1.807) is 25.1 Å². The van der Waals surface area contributed by atoms with Crippen LogP contribution in [0.25, 0.3) is 43.2 Å². The van der Waals surface area contributed by atoms with Crippen LogP contribution in [0, 0.1) is 25.6 Å². The highest BCUT2D eigenvalue weighted by Crippen LogP contribution is 2.43. The van der Waals surface area contributed by atoms with E-state index >= 15 is 4.39 Å². The highest BCUT2D eigenvalue weighted by Gasteiger charge is 2.43. The van der Waals surface area contributed by atoms with E-state index in [0.717, 1.165) is 71.5 Å². The Balaban J connectivity index is 0.758. The monoisotopic (exact) mass is 1090 g/mol. The number of amides is 2. The molecule has 4 aromatic carbocycles. The second-order valence-electron chi connectivity index (χ2n) is 20.7. The van der Waals surface area contributed by atoms with Gasteiger partial charge in [-0.2, -0.15) is 9.97 Å². The number of carbonyl (C=O) groups excluding carboxylic acids is 2. The molecule has 7 aromatic rings. The third kappa shape index (κ3) is 12.0. The summed E-state index contributed by atoms with van der Waals surface area (Å²) in [6.07, 6.45) is 0.558. The number of hydrogen-bond acceptors (Lipinski definition) is 16. The van der Waals surface area contributed by atoms with E-state index in [-0.39, 0.29) is 83.9 Å². The Kier molecular flexibility index (Phi) is 16.5. The Bertz CT molecular complexity index is 3250. The molecule has 3 aromatic heterocycles. The number of ether oxygens (including phenoxy) is 3. The van der Waals surface area contributed by atoms with Crippen molar-refractivity contribution in [1.82, 2.24) is 40.5 Å². The van der Waals surface area contributed by atoms with Crippen molar-refractivity contribution in [3.63, 3.8) is 0 Å². The lowest BCUT2D eigenvalue weighted by Gasteiger charge is -2.33. The number of halogens is 2. The number of thiazole rings is 1. The summed E-state index contributed by atoms with van der Waals surface area (Å²) in [5, 5.41) is 33.9. The maximum absolute atomic E-state index is 17.1.